The molecule has 0 saturated carbocycles. The van der Waals surface area contributed by atoms with Crippen molar-refractivity contribution in [1.82, 2.24) is 0 Å². The summed E-state index contributed by atoms with van der Waals surface area (Å²) in [6, 6.07) is 8.18. The van der Waals surface area contributed by atoms with Crippen LogP contribution in [0.1, 0.15) is 6.92 Å². The summed E-state index contributed by atoms with van der Waals surface area (Å²) in [6.45, 7) is 3.01. The summed E-state index contributed by atoms with van der Waals surface area (Å²) in [5.74, 6) is 0.475. The second-order valence-corrected chi connectivity index (χ2v) is 5.62. The standard InChI is InChI=1S/C13H14N2OS/c1-10-8-14(9-16)11-4-2-3-5-12(11)15-6-7-17-13(10)15/h2-7,9-10,13H,8H2,1H3/p+1. The quantitative estimate of drug-likeness (QED) is 0.758. The van der Waals surface area contributed by atoms with Gasteiger partial charge in [0.05, 0.1) is 0 Å². The number of nitrogens with one attached hydrogen (secondary N) is 1. The van der Waals surface area contributed by atoms with Crippen LogP contribution in [0.15, 0.2) is 35.9 Å². The maximum absolute atomic E-state index is 11.2. The Kier molecular flexibility index (Phi) is 2.68. The van der Waals surface area contributed by atoms with Crippen LogP contribution in [0.3, 0.4) is 0 Å². The number of para-hydroxylation sites is 2. The number of thioether (sulfide) groups is 1. The van der Waals surface area contributed by atoms with Gasteiger partial charge in [-0.3, -0.25) is 9.69 Å². The van der Waals surface area contributed by atoms with Gasteiger partial charge in [-0.25, -0.2) is 0 Å². The molecule has 0 radical (unpaired) electrons. The van der Waals surface area contributed by atoms with Gasteiger partial charge in [-0.1, -0.05) is 30.8 Å². The molecule has 88 valence electrons. The largest absolute Gasteiger partial charge is 0.309 e. The van der Waals surface area contributed by atoms with Crippen LogP contribution in [0.4, 0.5) is 11.4 Å². The van der Waals surface area contributed by atoms with E-state index in [9.17, 15) is 4.79 Å². The zero-order valence-electron chi connectivity index (χ0n) is 9.67. The van der Waals surface area contributed by atoms with E-state index in [1.165, 1.54) is 10.6 Å². The van der Waals surface area contributed by atoms with Crippen molar-refractivity contribution in [3.63, 3.8) is 0 Å². The molecule has 1 aromatic rings. The average Bonchev–Trinajstić information content (AvgIpc) is 2.81. The van der Waals surface area contributed by atoms with Gasteiger partial charge in [0, 0.05) is 23.9 Å². The molecular weight excluding hydrogens is 232 g/mol. The molecule has 3 unspecified atom stereocenters. The first-order chi connectivity index (χ1) is 8.31. The van der Waals surface area contributed by atoms with Crippen LogP contribution < -0.4 is 9.80 Å². The Morgan fingerprint density at radius 1 is 1.47 bits per heavy atom. The lowest BCUT2D eigenvalue weighted by atomic mass is 10.1. The number of carbonyl (C=O) groups is 1. The fourth-order valence-corrected chi connectivity index (χ4v) is 3.72. The van der Waals surface area contributed by atoms with Gasteiger partial charge in [-0.2, -0.15) is 0 Å². The SMILES string of the molecule is CC1CN(C=O)c2ccccc2[NH+]2C=CSC12. The summed E-state index contributed by atoms with van der Waals surface area (Å²) >= 11 is 1.86. The molecule has 2 heterocycles. The van der Waals surface area contributed by atoms with E-state index in [0.717, 1.165) is 18.6 Å². The Labute approximate surface area is 105 Å². The third kappa shape index (κ3) is 1.68. The highest BCUT2D eigenvalue weighted by molar-refractivity contribution is 8.02. The number of anilines is 1. The Hall–Kier alpha value is -1.26. The molecule has 2 aliphatic rings. The van der Waals surface area contributed by atoms with Crippen LogP contribution >= 0.6 is 11.8 Å². The highest BCUT2D eigenvalue weighted by Crippen LogP contribution is 2.31. The molecule has 3 atom stereocenters. The first-order valence-electron chi connectivity index (χ1n) is 5.81. The normalized spacial score (nSPS) is 30.6. The Morgan fingerprint density at radius 3 is 3.12 bits per heavy atom. The zero-order chi connectivity index (χ0) is 11.8. The number of fused-ring (bicyclic) bond motifs is 3. The lowest BCUT2D eigenvalue weighted by Gasteiger charge is -2.21. The molecule has 0 fully saturated rings. The van der Waals surface area contributed by atoms with Crippen molar-refractivity contribution in [3.8, 4) is 0 Å². The van der Waals surface area contributed by atoms with E-state index in [1.54, 1.807) is 0 Å². The van der Waals surface area contributed by atoms with Gasteiger partial charge in [0.15, 0.2) is 11.1 Å². The summed E-state index contributed by atoms with van der Waals surface area (Å²) in [5, 5.41) is 2.66. The van der Waals surface area contributed by atoms with Crippen molar-refractivity contribution >= 4 is 29.5 Å². The van der Waals surface area contributed by atoms with Crippen molar-refractivity contribution in [2.24, 2.45) is 5.92 Å². The van der Waals surface area contributed by atoms with E-state index >= 15 is 0 Å². The minimum absolute atomic E-state index is 0.475. The van der Waals surface area contributed by atoms with E-state index in [0.29, 0.717) is 11.3 Å². The predicted octanol–water partition coefficient (Wildman–Crippen LogP) is 1.36. The molecule has 0 bridgehead atoms. The number of carbonyl (C=O) groups excluding carboxylic acids is 1. The van der Waals surface area contributed by atoms with Gasteiger partial charge in [0.1, 0.15) is 11.9 Å². The maximum atomic E-state index is 11.2. The van der Waals surface area contributed by atoms with Crippen molar-refractivity contribution in [1.29, 1.82) is 0 Å². The summed E-state index contributed by atoms with van der Waals surface area (Å²) < 4.78 is 0. The number of amides is 1. The topological polar surface area (TPSA) is 24.8 Å². The van der Waals surface area contributed by atoms with Gasteiger partial charge in [-0.15, -0.1) is 0 Å². The third-order valence-electron chi connectivity index (χ3n) is 3.43. The summed E-state index contributed by atoms with van der Waals surface area (Å²) in [6.07, 6.45) is 3.14. The Balaban J connectivity index is 2.13. The minimum Gasteiger partial charge on any atom is -0.309 e. The molecule has 0 aliphatic carbocycles. The minimum atomic E-state index is 0.475. The second-order valence-electron chi connectivity index (χ2n) is 4.57. The average molecular weight is 247 g/mol. The summed E-state index contributed by atoms with van der Waals surface area (Å²) in [4.78, 5) is 14.4. The molecule has 3 nitrogen and oxygen atoms in total. The van der Waals surface area contributed by atoms with Crippen molar-refractivity contribution < 1.29 is 9.69 Å². The first kappa shape index (κ1) is 10.9. The lowest BCUT2D eigenvalue weighted by Crippen LogP contribution is -3.05. The molecule has 3 rings (SSSR count). The molecule has 0 saturated heterocycles. The number of nitrogens with zero attached hydrogens (tertiary/aromatic N) is 1. The van der Waals surface area contributed by atoms with Gasteiger partial charge in [-0.05, 0) is 6.07 Å². The predicted molar refractivity (Wildman–Crippen MR) is 70.2 cm³/mol. The van der Waals surface area contributed by atoms with Gasteiger partial charge in [0.2, 0.25) is 6.41 Å². The molecule has 2 aliphatic heterocycles. The molecule has 0 spiro atoms. The fourth-order valence-electron chi connectivity index (χ4n) is 2.62. The highest BCUT2D eigenvalue weighted by Gasteiger charge is 2.38. The molecule has 0 aromatic heterocycles. The van der Waals surface area contributed by atoms with E-state index < -0.39 is 0 Å². The van der Waals surface area contributed by atoms with Crippen LogP contribution in [-0.4, -0.2) is 18.3 Å². The second kappa shape index (κ2) is 4.20. The van der Waals surface area contributed by atoms with Crippen LogP contribution in [0, 0.1) is 5.92 Å². The Bertz CT molecular complexity index is 474. The monoisotopic (exact) mass is 247 g/mol. The van der Waals surface area contributed by atoms with Gasteiger partial charge in [0.25, 0.3) is 0 Å². The van der Waals surface area contributed by atoms with E-state index in [2.05, 4.69) is 24.6 Å². The number of quaternary nitrogens is 1. The van der Waals surface area contributed by atoms with E-state index in [-0.39, 0.29) is 0 Å². The number of hydrogen-bond donors (Lipinski definition) is 1. The highest BCUT2D eigenvalue weighted by atomic mass is 32.2. The first-order valence-corrected chi connectivity index (χ1v) is 6.75. The van der Waals surface area contributed by atoms with Crippen LogP contribution in [0.5, 0.6) is 0 Å². The van der Waals surface area contributed by atoms with Crippen LogP contribution in [0.2, 0.25) is 0 Å². The molecule has 1 aromatic carbocycles. The van der Waals surface area contributed by atoms with Gasteiger partial charge >= 0.3 is 0 Å². The van der Waals surface area contributed by atoms with Crippen LogP contribution in [0.25, 0.3) is 0 Å². The third-order valence-corrected chi connectivity index (χ3v) is 4.74. The fraction of sp³-hybridized carbons (Fsp3) is 0.308. The number of benzene rings is 1. The summed E-state index contributed by atoms with van der Waals surface area (Å²) in [5.41, 5.74) is 2.24. The summed E-state index contributed by atoms with van der Waals surface area (Å²) in [7, 11) is 0. The number of hydrogen-bond acceptors (Lipinski definition) is 2. The van der Waals surface area contributed by atoms with E-state index in [4.69, 9.17) is 0 Å². The molecule has 4 heteroatoms. The smallest absolute Gasteiger partial charge is 0.214 e. The molecule has 17 heavy (non-hydrogen) atoms. The van der Waals surface area contributed by atoms with Crippen molar-refractivity contribution in [2.75, 3.05) is 11.4 Å². The Morgan fingerprint density at radius 2 is 2.29 bits per heavy atom. The van der Waals surface area contributed by atoms with Crippen LogP contribution in [-0.2, 0) is 4.79 Å². The zero-order valence-corrected chi connectivity index (χ0v) is 10.5. The molecular formula is C13H15N2OS+. The van der Waals surface area contributed by atoms with Crippen molar-refractivity contribution in [3.05, 3.63) is 35.9 Å². The number of rotatable bonds is 1. The molecule has 1 N–H and O–H groups in total. The maximum Gasteiger partial charge on any atom is 0.214 e. The molecule has 1 amide bonds. The van der Waals surface area contributed by atoms with E-state index in [1.807, 2.05) is 34.9 Å². The lowest BCUT2D eigenvalue weighted by molar-refractivity contribution is -0.787. The van der Waals surface area contributed by atoms with Gasteiger partial charge < -0.3 is 4.90 Å². The van der Waals surface area contributed by atoms with Crippen molar-refractivity contribution in [2.45, 2.75) is 12.3 Å².